The maximum absolute atomic E-state index is 13.5. The number of hydrogen-bond donors (Lipinski definition) is 1. The van der Waals surface area contributed by atoms with Gasteiger partial charge in [0.1, 0.15) is 0 Å². The SMILES string of the molecule is O=C(CC1(C(=O)O)CCN(c2nccnc2Cl)CC1)N(c1ccccc1)c1ccccc1. The van der Waals surface area contributed by atoms with Crippen LogP contribution in [0.4, 0.5) is 17.2 Å². The van der Waals surface area contributed by atoms with Crippen molar-refractivity contribution in [2.45, 2.75) is 19.3 Å². The highest BCUT2D eigenvalue weighted by atomic mass is 35.5. The van der Waals surface area contributed by atoms with Gasteiger partial charge in [0, 0.05) is 43.3 Å². The van der Waals surface area contributed by atoms with E-state index in [1.807, 2.05) is 65.6 Å². The first-order valence-electron chi connectivity index (χ1n) is 10.4. The van der Waals surface area contributed by atoms with Gasteiger partial charge in [0.2, 0.25) is 5.91 Å². The van der Waals surface area contributed by atoms with Gasteiger partial charge in [0.05, 0.1) is 5.41 Å². The summed E-state index contributed by atoms with van der Waals surface area (Å²) in [4.78, 5) is 37.7. The molecule has 2 aromatic carbocycles. The van der Waals surface area contributed by atoms with Crippen molar-refractivity contribution in [3.63, 3.8) is 0 Å². The molecule has 0 radical (unpaired) electrons. The molecule has 32 heavy (non-hydrogen) atoms. The summed E-state index contributed by atoms with van der Waals surface area (Å²) in [7, 11) is 0. The van der Waals surface area contributed by atoms with Gasteiger partial charge in [-0.2, -0.15) is 0 Å². The van der Waals surface area contributed by atoms with Crippen LogP contribution in [0, 0.1) is 5.41 Å². The number of nitrogens with zero attached hydrogens (tertiary/aromatic N) is 4. The van der Waals surface area contributed by atoms with Crippen LogP contribution in [0.5, 0.6) is 0 Å². The molecule has 164 valence electrons. The van der Waals surface area contributed by atoms with Crippen LogP contribution in [0.2, 0.25) is 5.15 Å². The summed E-state index contributed by atoms with van der Waals surface area (Å²) in [6.45, 7) is 0.851. The quantitative estimate of drug-likeness (QED) is 0.592. The van der Waals surface area contributed by atoms with Gasteiger partial charge in [0.25, 0.3) is 0 Å². The van der Waals surface area contributed by atoms with E-state index in [9.17, 15) is 14.7 Å². The zero-order valence-electron chi connectivity index (χ0n) is 17.4. The number of carbonyl (C=O) groups excluding carboxylic acids is 1. The first-order chi connectivity index (χ1) is 15.5. The molecule has 1 fully saturated rings. The van der Waals surface area contributed by atoms with Crippen LogP contribution in [0.25, 0.3) is 0 Å². The molecule has 0 unspecified atom stereocenters. The standard InChI is InChI=1S/C24H23ClN4O3/c25-21-22(27-14-13-26-21)28-15-11-24(12-16-28,23(31)32)17-20(30)29(18-7-3-1-4-8-18)19-9-5-2-6-10-19/h1-10,13-14H,11-12,15-17H2,(H,31,32). The molecule has 1 aromatic heterocycles. The van der Waals surface area contributed by atoms with E-state index in [1.165, 1.54) is 6.20 Å². The zero-order valence-corrected chi connectivity index (χ0v) is 18.2. The minimum atomic E-state index is -1.16. The molecule has 0 spiro atoms. The number of hydrogen-bond acceptors (Lipinski definition) is 5. The first kappa shape index (κ1) is 21.8. The maximum atomic E-state index is 13.5. The van der Waals surface area contributed by atoms with Crippen molar-refractivity contribution in [3.8, 4) is 0 Å². The molecule has 1 amide bonds. The van der Waals surface area contributed by atoms with Crippen molar-refractivity contribution in [2.24, 2.45) is 5.41 Å². The van der Waals surface area contributed by atoms with Crippen LogP contribution in [-0.2, 0) is 9.59 Å². The molecule has 2 heterocycles. The number of carboxylic acid groups (broad SMARTS) is 1. The Hall–Kier alpha value is -3.45. The molecule has 1 aliphatic rings. The van der Waals surface area contributed by atoms with E-state index in [0.29, 0.717) is 43.1 Å². The fourth-order valence-corrected chi connectivity index (χ4v) is 4.32. The first-order valence-corrected chi connectivity index (χ1v) is 10.8. The minimum absolute atomic E-state index is 0.103. The topological polar surface area (TPSA) is 86.6 Å². The number of piperidine rings is 1. The summed E-state index contributed by atoms with van der Waals surface area (Å²) in [5, 5.41) is 10.4. The predicted octanol–water partition coefficient (Wildman–Crippen LogP) is 4.56. The van der Waals surface area contributed by atoms with Gasteiger partial charge < -0.3 is 10.0 Å². The van der Waals surface area contributed by atoms with E-state index in [0.717, 1.165) is 0 Å². The van der Waals surface area contributed by atoms with E-state index in [1.54, 1.807) is 11.1 Å². The van der Waals surface area contributed by atoms with Crippen molar-refractivity contribution >= 4 is 40.7 Å². The van der Waals surface area contributed by atoms with E-state index < -0.39 is 11.4 Å². The number of rotatable bonds is 6. The highest BCUT2D eigenvalue weighted by molar-refractivity contribution is 6.31. The van der Waals surface area contributed by atoms with E-state index in [4.69, 9.17) is 11.6 Å². The smallest absolute Gasteiger partial charge is 0.310 e. The molecule has 0 atom stereocenters. The summed E-state index contributed by atoms with van der Waals surface area (Å²) in [5.74, 6) is -0.678. The van der Waals surface area contributed by atoms with Gasteiger partial charge in [-0.15, -0.1) is 0 Å². The Morgan fingerprint density at radius 1 is 0.938 bits per heavy atom. The van der Waals surface area contributed by atoms with Gasteiger partial charge in [-0.1, -0.05) is 48.0 Å². The van der Waals surface area contributed by atoms with Crippen LogP contribution in [-0.4, -0.2) is 40.0 Å². The van der Waals surface area contributed by atoms with Gasteiger partial charge in [-0.25, -0.2) is 9.97 Å². The summed E-state index contributed by atoms with van der Waals surface area (Å²) in [5.41, 5.74) is 0.241. The molecule has 1 saturated heterocycles. The average molecular weight is 451 g/mol. The molecule has 3 aromatic rings. The Balaban J connectivity index is 1.58. The van der Waals surface area contributed by atoms with Crippen molar-refractivity contribution in [2.75, 3.05) is 22.9 Å². The molecule has 4 rings (SSSR count). The number of aliphatic carboxylic acids is 1. The Kier molecular flexibility index (Phi) is 6.37. The summed E-state index contributed by atoms with van der Waals surface area (Å²) in [6.07, 6.45) is 3.57. The largest absolute Gasteiger partial charge is 0.481 e. The number of halogens is 1. The Labute approximate surface area is 191 Å². The number of carbonyl (C=O) groups is 2. The van der Waals surface area contributed by atoms with E-state index >= 15 is 0 Å². The summed E-state index contributed by atoms with van der Waals surface area (Å²) < 4.78 is 0. The Morgan fingerprint density at radius 3 is 1.97 bits per heavy atom. The Morgan fingerprint density at radius 2 is 1.47 bits per heavy atom. The van der Waals surface area contributed by atoms with Crippen LogP contribution in [0.15, 0.2) is 73.1 Å². The van der Waals surface area contributed by atoms with E-state index in [-0.39, 0.29) is 17.5 Å². The fourth-order valence-electron chi connectivity index (χ4n) is 4.10. The highest BCUT2D eigenvalue weighted by Crippen LogP contribution is 2.39. The maximum Gasteiger partial charge on any atom is 0.310 e. The van der Waals surface area contributed by atoms with Gasteiger partial charge in [-0.3, -0.25) is 14.5 Å². The molecule has 0 bridgehead atoms. The molecular weight excluding hydrogens is 428 g/mol. The second kappa shape index (κ2) is 9.36. The molecule has 0 saturated carbocycles. The molecule has 8 heteroatoms. The van der Waals surface area contributed by atoms with Crippen LogP contribution < -0.4 is 9.80 Å². The lowest BCUT2D eigenvalue weighted by atomic mass is 9.75. The lowest BCUT2D eigenvalue weighted by molar-refractivity contribution is -0.152. The number of benzene rings is 2. The zero-order chi connectivity index (χ0) is 22.6. The van der Waals surface area contributed by atoms with Gasteiger partial charge in [0.15, 0.2) is 11.0 Å². The van der Waals surface area contributed by atoms with Gasteiger partial charge >= 0.3 is 5.97 Å². The van der Waals surface area contributed by atoms with Gasteiger partial charge in [-0.05, 0) is 37.1 Å². The molecular formula is C24H23ClN4O3. The van der Waals surface area contributed by atoms with Crippen molar-refractivity contribution in [1.29, 1.82) is 0 Å². The number of carboxylic acids is 1. The minimum Gasteiger partial charge on any atom is -0.481 e. The fraction of sp³-hybridized carbons (Fsp3) is 0.250. The monoisotopic (exact) mass is 450 g/mol. The normalized spacial score (nSPS) is 15.2. The van der Waals surface area contributed by atoms with Crippen molar-refractivity contribution < 1.29 is 14.7 Å². The summed E-state index contributed by atoms with van der Waals surface area (Å²) in [6, 6.07) is 18.6. The third-order valence-corrected chi connectivity index (χ3v) is 6.14. The second-order valence-electron chi connectivity index (χ2n) is 7.82. The lowest BCUT2D eigenvalue weighted by Crippen LogP contribution is -2.47. The average Bonchev–Trinajstić information content (AvgIpc) is 2.81. The van der Waals surface area contributed by atoms with Crippen LogP contribution >= 0.6 is 11.6 Å². The number of aromatic nitrogens is 2. The number of anilines is 3. The molecule has 1 aliphatic heterocycles. The lowest BCUT2D eigenvalue weighted by Gasteiger charge is -2.40. The third kappa shape index (κ3) is 4.43. The molecule has 1 N–H and O–H groups in total. The molecule has 7 nitrogen and oxygen atoms in total. The second-order valence-corrected chi connectivity index (χ2v) is 8.18. The highest BCUT2D eigenvalue weighted by Gasteiger charge is 2.45. The van der Waals surface area contributed by atoms with Crippen LogP contribution in [0.3, 0.4) is 0 Å². The third-order valence-electron chi connectivity index (χ3n) is 5.88. The number of amides is 1. The summed E-state index contributed by atoms with van der Waals surface area (Å²) >= 11 is 6.16. The predicted molar refractivity (Wildman–Crippen MR) is 123 cm³/mol. The Bertz CT molecular complexity index is 1050. The van der Waals surface area contributed by atoms with Crippen LogP contribution in [0.1, 0.15) is 19.3 Å². The van der Waals surface area contributed by atoms with Crippen molar-refractivity contribution in [1.82, 2.24) is 9.97 Å². The van der Waals surface area contributed by atoms with Crippen molar-refractivity contribution in [3.05, 3.63) is 78.2 Å². The van der Waals surface area contributed by atoms with E-state index in [2.05, 4.69) is 9.97 Å². The molecule has 0 aliphatic carbocycles. The number of para-hydroxylation sites is 2.